The fourth-order valence-corrected chi connectivity index (χ4v) is 3.16. The average Bonchev–Trinajstić information content (AvgIpc) is 3.07. The Hall–Kier alpha value is -2.18. The van der Waals surface area contributed by atoms with Gasteiger partial charge in [0.15, 0.2) is 0 Å². The van der Waals surface area contributed by atoms with Gasteiger partial charge in [-0.15, -0.1) is 11.3 Å². The maximum Gasteiger partial charge on any atom is 0.238 e. The van der Waals surface area contributed by atoms with Crippen LogP contribution < -0.4 is 5.32 Å². The van der Waals surface area contributed by atoms with Gasteiger partial charge in [-0.1, -0.05) is 23.8 Å². The minimum atomic E-state index is -0.125. The van der Waals surface area contributed by atoms with Crippen LogP contribution in [0.1, 0.15) is 17.4 Å². The van der Waals surface area contributed by atoms with Crippen LogP contribution in [0.5, 0.6) is 0 Å². The number of benzene rings is 1. The molecule has 0 saturated carbocycles. The molecular formula is C19H25N3O2S. The van der Waals surface area contributed by atoms with Crippen molar-refractivity contribution in [2.24, 2.45) is 0 Å². The number of nitrogens with zero attached hydrogens (tertiary/aromatic N) is 2. The van der Waals surface area contributed by atoms with Gasteiger partial charge >= 0.3 is 0 Å². The fourth-order valence-electron chi connectivity index (χ4n) is 2.44. The van der Waals surface area contributed by atoms with Crippen LogP contribution in [0.4, 0.5) is 5.69 Å². The summed E-state index contributed by atoms with van der Waals surface area (Å²) in [6.45, 7) is 5.64. The van der Waals surface area contributed by atoms with Gasteiger partial charge in [0, 0.05) is 17.1 Å². The summed E-state index contributed by atoms with van der Waals surface area (Å²) in [4.78, 5) is 29.3. The van der Waals surface area contributed by atoms with Crippen molar-refractivity contribution in [2.45, 2.75) is 20.4 Å². The van der Waals surface area contributed by atoms with E-state index in [-0.39, 0.29) is 24.9 Å². The van der Waals surface area contributed by atoms with E-state index in [1.54, 1.807) is 28.2 Å². The maximum atomic E-state index is 12.4. The monoisotopic (exact) mass is 359 g/mol. The molecule has 0 saturated heterocycles. The molecule has 1 heterocycles. The number of anilines is 1. The number of likely N-dealkylation sites (N-methyl/N-ethyl adjacent to an activating group) is 2. The van der Waals surface area contributed by atoms with Gasteiger partial charge in [-0.2, -0.15) is 0 Å². The lowest BCUT2D eigenvalue weighted by Gasteiger charge is -2.23. The lowest BCUT2D eigenvalue weighted by atomic mass is 10.2. The highest BCUT2D eigenvalue weighted by Crippen LogP contribution is 2.12. The number of hydrogen-bond donors (Lipinski definition) is 1. The van der Waals surface area contributed by atoms with Gasteiger partial charge in [0.2, 0.25) is 11.8 Å². The molecule has 1 N–H and O–H groups in total. The first-order chi connectivity index (χ1) is 12.0. The number of carbonyl (C=O) groups excluding carboxylic acids is 2. The molecule has 2 rings (SSSR count). The lowest BCUT2D eigenvalue weighted by molar-refractivity contribution is -0.132. The molecule has 6 heteroatoms. The zero-order valence-electron chi connectivity index (χ0n) is 15.0. The molecule has 0 bridgehead atoms. The summed E-state index contributed by atoms with van der Waals surface area (Å²) >= 11 is 1.64. The Kier molecular flexibility index (Phi) is 7.16. The standard InChI is InChI=1S/C19H25N3O2S/c1-4-22(12-17-6-5-11-25-17)19(24)14-21(3)13-18(23)20-16-9-7-15(2)8-10-16/h5-11H,4,12-14H2,1-3H3,(H,20,23). The van der Waals surface area contributed by atoms with Gasteiger partial charge in [-0.25, -0.2) is 0 Å². The van der Waals surface area contributed by atoms with Crippen molar-refractivity contribution in [3.05, 3.63) is 52.2 Å². The molecule has 2 amide bonds. The van der Waals surface area contributed by atoms with Gasteiger partial charge in [0.05, 0.1) is 19.6 Å². The van der Waals surface area contributed by atoms with Crippen molar-refractivity contribution < 1.29 is 9.59 Å². The first-order valence-corrected chi connectivity index (χ1v) is 9.21. The second-order valence-electron chi connectivity index (χ2n) is 6.07. The molecule has 0 spiro atoms. The third-order valence-corrected chi connectivity index (χ3v) is 4.68. The summed E-state index contributed by atoms with van der Waals surface area (Å²) < 4.78 is 0. The van der Waals surface area contributed by atoms with E-state index in [1.807, 2.05) is 55.6 Å². The molecule has 1 aromatic carbocycles. The van der Waals surface area contributed by atoms with Crippen molar-refractivity contribution in [2.75, 3.05) is 32.0 Å². The van der Waals surface area contributed by atoms with E-state index in [1.165, 1.54) is 0 Å². The van der Waals surface area contributed by atoms with Crippen molar-refractivity contribution in [3.8, 4) is 0 Å². The van der Waals surface area contributed by atoms with E-state index in [4.69, 9.17) is 0 Å². The molecule has 0 atom stereocenters. The third-order valence-electron chi connectivity index (χ3n) is 3.82. The molecule has 1 aromatic heterocycles. The first-order valence-electron chi connectivity index (χ1n) is 8.33. The Morgan fingerprint density at radius 3 is 2.44 bits per heavy atom. The van der Waals surface area contributed by atoms with Gasteiger partial charge < -0.3 is 10.2 Å². The molecular weight excluding hydrogens is 334 g/mol. The molecule has 25 heavy (non-hydrogen) atoms. The van der Waals surface area contributed by atoms with Gasteiger partial charge in [0.1, 0.15) is 0 Å². The molecule has 5 nitrogen and oxygen atoms in total. The summed E-state index contributed by atoms with van der Waals surface area (Å²) in [5.41, 5.74) is 1.91. The number of hydrogen-bond acceptors (Lipinski definition) is 4. The number of rotatable bonds is 8. The van der Waals surface area contributed by atoms with Crippen LogP contribution >= 0.6 is 11.3 Å². The molecule has 0 aliphatic carbocycles. The summed E-state index contributed by atoms with van der Waals surface area (Å²) in [6.07, 6.45) is 0. The third kappa shape index (κ3) is 6.32. The molecule has 2 aromatic rings. The fraction of sp³-hybridized carbons (Fsp3) is 0.368. The highest BCUT2D eigenvalue weighted by Gasteiger charge is 2.16. The van der Waals surface area contributed by atoms with E-state index in [9.17, 15) is 9.59 Å². The average molecular weight is 359 g/mol. The zero-order chi connectivity index (χ0) is 18.2. The summed E-state index contributed by atoms with van der Waals surface area (Å²) in [7, 11) is 1.78. The van der Waals surface area contributed by atoms with E-state index >= 15 is 0 Å². The van der Waals surface area contributed by atoms with E-state index in [2.05, 4.69) is 5.32 Å². The Bertz CT molecular complexity index is 683. The van der Waals surface area contributed by atoms with Gasteiger partial charge in [-0.05, 0) is 44.5 Å². The van der Waals surface area contributed by atoms with Crippen molar-refractivity contribution >= 4 is 28.8 Å². The predicted molar refractivity (Wildman–Crippen MR) is 103 cm³/mol. The number of nitrogens with one attached hydrogen (secondary N) is 1. The smallest absolute Gasteiger partial charge is 0.238 e. The van der Waals surface area contributed by atoms with Crippen LogP contribution in [-0.4, -0.2) is 48.3 Å². The summed E-state index contributed by atoms with van der Waals surface area (Å²) in [5.74, 6) is -0.0954. The minimum absolute atomic E-state index is 0.0292. The zero-order valence-corrected chi connectivity index (χ0v) is 15.8. The largest absolute Gasteiger partial charge is 0.337 e. The molecule has 0 unspecified atom stereocenters. The predicted octanol–water partition coefficient (Wildman–Crippen LogP) is 2.98. The van der Waals surface area contributed by atoms with E-state index in [0.29, 0.717) is 13.1 Å². The van der Waals surface area contributed by atoms with Crippen LogP contribution in [0.3, 0.4) is 0 Å². The van der Waals surface area contributed by atoms with Gasteiger partial charge in [-0.3, -0.25) is 14.5 Å². The highest BCUT2D eigenvalue weighted by molar-refractivity contribution is 7.09. The normalized spacial score (nSPS) is 10.7. The molecule has 134 valence electrons. The van der Waals surface area contributed by atoms with Crippen LogP contribution in [-0.2, 0) is 16.1 Å². The first kappa shape index (κ1) is 19.1. The van der Waals surface area contributed by atoms with Crippen LogP contribution in [0.25, 0.3) is 0 Å². The second-order valence-corrected chi connectivity index (χ2v) is 7.11. The quantitative estimate of drug-likeness (QED) is 0.788. The van der Waals surface area contributed by atoms with Crippen molar-refractivity contribution in [1.82, 2.24) is 9.80 Å². The Morgan fingerprint density at radius 2 is 1.84 bits per heavy atom. The topological polar surface area (TPSA) is 52.7 Å². The molecule has 0 aliphatic heterocycles. The molecule has 0 fully saturated rings. The number of aryl methyl sites for hydroxylation is 1. The number of thiophene rings is 1. The molecule has 0 aliphatic rings. The second kappa shape index (κ2) is 9.34. The highest BCUT2D eigenvalue weighted by atomic mass is 32.1. The summed E-state index contributed by atoms with van der Waals surface area (Å²) in [5, 5.41) is 4.86. The van der Waals surface area contributed by atoms with Gasteiger partial charge in [0.25, 0.3) is 0 Å². The summed E-state index contributed by atoms with van der Waals surface area (Å²) in [6, 6.07) is 11.7. The number of amides is 2. The SMILES string of the molecule is CCN(Cc1cccs1)C(=O)CN(C)CC(=O)Nc1ccc(C)cc1. The van der Waals surface area contributed by atoms with E-state index < -0.39 is 0 Å². The Labute approximate surface area is 153 Å². The van der Waals surface area contributed by atoms with Crippen LogP contribution in [0, 0.1) is 6.92 Å². The van der Waals surface area contributed by atoms with Crippen LogP contribution in [0.15, 0.2) is 41.8 Å². The van der Waals surface area contributed by atoms with Crippen molar-refractivity contribution in [3.63, 3.8) is 0 Å². The van der Waals surface area contributed by atoms with Crippen molar-refractivity contribution in [1.29, 1.82) is 0 Å². The Balaban J connectivity index is 1.81. The minimum Gasteiger partial charge on any atom is -0.337 e. The van der Waals surface area contributed by atoms with Crippen LogP contribution in [0.2, 0.25) is 0 Å². The molecule has 0 radical (unpaired) electrons. The lowest BCUT2D eigenvalue weighted by Crippen LogP contribution is -2.41. The Morgan fingerprint density at radius 1 is 1.12 bits per heavy atom. The van der Waals surface area contributed by atoms with E-state index in [0.717, 1.165) is 16.1 Å². The maximum absolute atomic E-state index is 12.4. The number of carbonyl (C=O) groups is 2.